The highest BCUT2D eigenvalue weighted by Crippen LogP contribution is 2.29. The average Bonchev–Trinajstić information content (AvgIpc) is 3.11. The molecule has 0 aromatic heterocycles. The molecule has 96 valence electrons. The number of hydrogen-bond donors (Lipinski definition) is 1. The summed E-state index contributed by atoms with van der Waals surface area (Å²) in [5, 5.41) is 13.1. The van der Waals surface area contributed by atoms with Crippen LogP contribution in [-0.4, -0.2) is 23.9 Å². The summed E-state index contributed by atoms with van der Waals surface area (Å²) in [6, 6.07) is 2.83. The van der Waals surface area contributed by atoms with Crippen molar-refractivity contribution in [3.8, 4) is 0 Å². The number of carbonyl (C=O) groups is 1. The van der Waals surface area contributed by atoms with Gasteiger partial charge in [0.1, 0.15) is 6.61 Å². The maximum absolute atomic E-state index is 10.9. The number of oxime groups is 1. The van der Waals surface area contributed by atoms with Gasteiger partial charge in [-0.3, -0.25) is 0 Å². The number of hydrogen-bond acceptors (Lipinski definition) is 3. The SMILES string of the molecule is O=C(O)c1ccc(Cl)c(/C=N/OCC2CC2)c1Cl. The van der Waals surface area contributed by atoms with Gasteiger partial charge in [0.15, 0.2) is 0 Å². The molecule has 0 amide bonds. The van der Waals surface area contributed by atoms with Gasteiger partial charge in [-0.05, 0) is 30.9 Å². The molecule has 1 aromatic carbocycles. The highest BCUT2D eigenvalue weighted by molar-refractivity contribution is 6.40. The summed E-state index contributed by atoms with van der Waals surface area (Å²) in [5.74, 6) is -0.510. The van der Waals surface area contributed by atoms with Crippen molar-refractivity contribution in [2.75, 3.05) is 6.61 Å². The molecule has 0 unspecified atom stereocenters. The van der Waals surface area contributed by atoms with Crippen LogP contribution in [0.15, 0.2) is 17.3 Å². The molecule has 4 nitrogen and oxygen atoms in total. The summed E-state index contributed by atoms with van der Waals surface area (Å²) in [6.07, 6.45) is 3.69. The Bertz CT molecular complexity index is 498. The van der Waals surface area contributed by atoms with Gasteiger partial charge in [-0.2, -0.15) is 0 Å². The largest absolute Gasteiger partial charge is 0.478 e. The summed E-state index contributed by atoms with van der Waals surface area (Å²) in [6.45, 7) is 0.574. The van der Waals surface area contributed by atoms with E-state index < -0.39 is 5.97 Å². The number of carboxylic acid groups (broad SMARTS) is 1. The molecule has 0 radical (unpaired) electrons. The molecule has 0 saturated heterocycles. The Morgan fingerprint density at radius 3 is 2.83 bits per heavy atom. The number of aromatic carboxylic acids is 1. The van der Waals surface area contributed by atoms with Crippen LogP contribution < -0.4 is 0 Å². The van der Waals surface area contributed by atoms with Crippen LogP contribution in [0, 0.1) is 5.92 Å². The first-order valence-electron chi connectivity index (χ1n) is 5.46. The smallest absolute Gasteiger partial charge is 0.337 e. The van der Waals surface area contributed by atoms with E-state index in [1.165, 1.54) is 31.2 Å². The molecule has 1 aliphatic carbocycles. The van der Waals surface area contributed by atoms with Crippen molar-refractivity contribution < 1.29 is 14.7 Å². The van der Waals surface area contributed by atoms with Crippen molar-refractivity contribution in [3.63, 3.8) is 0 Å². The molecule has 1 fully saturated rings. The molecule has 0 spiro atoms. The van der Waals surface area contributed by atoms with E-state index in [2.05, 4.69) is 5.16 Å². The van der Waals surface area contributed by atoms with E-state index in [0.29, 0.717) is 23.1 Å². The van der Waals surface area contributed by atoms with Crippen LogP contribution in [-0.2, 0) is 4.84 Å². The molecule has 1 aliphatic rings. The van der Waals surface area contributed by atoms with E-state index in [1.807, 2.05) is 0 Å². The van der Waals surface area contributed by atoms with Gasteiger partial charge in [0.05, 0.1) is 21.8 Å². The first-order valence-corrected chi connectivity index (χ1v) is 6.22. The first kappa shape index (κ1) is 13.2. The van der Waals surface area contributed by atoms with Crippen molar-refractivity contribution in [1.82, 2.24) is 0 Å². The summed E-state index contributed by atoms with van der Waals surface area (Å²) in [4.78, 5) is 16.0. The lowest BCUT2D eigenvalue weighted by atomic mass is 10.1. The van der Waals surface area contributed by atoms with Crippen LogP contribution in [0.2, 0.25) is 10.0 Å². The number of halogens is 2. The molecule has 1 saturated carbocycles. The Morgan fingerprint density at radius 1 is 1.50 bits per heavy atom. The van der Waals surface area contributed by atoms with E-state index in [-0.39, 0.29) is 10.6 Å². The van der Waals surface area contributed by atoms with Crippen LogP contribution in [0.25, 0.3) is 0 Å². The summed E-state index contributed by atoms with van der Waals surface area (Å²) >= 11 is 11.9. The van der Waals surface area contributed by atoms with Crippen LogP contribution in [0.4, 0.5) is 0 Å². The predicted octanol–water partition coefficient (Wildman–Crippen LogP) is 3.45. The molecule has 6 heteroatoms. The molecular weight excluding hydrogens is 277 g/mol. The molecule has 0 atom stereocenters. The zero-order valence-corrected chi connectivity index (χ0v) is 10.9. The number of carboxylic acids is 1. The fourth-order valence-electron chi connectivity index (χ4n) is 1.38. The average molecular weight is 288 g/mol. The van der Waals surface area contributed by atoms with Gasteiger partial charge in [-0.25, -0.2) is 4.79 Å². The fourth-order valence-corrected chi connectivity index (χ4v) is 1.92. The maximum Gasteiger partial charge on any atom is 0.337 e. The van der Waals surface area contributed by atoms with Crippen molar-refractivity contribution in [2.24, 2.45) is 11.1 Å². The second kappa shape index (κ2) is 5.59. The molecule has 2 rings (SSSR count). The molecule has 1 aromatic rings. The van der Waals surface area contributed by atoms with E-state index in [0.717, 1.165) is 0 Å². The van der Waals surface area contributed by atoms with E-state index >= 15 is 0 Å². The molecule has 0 bridgehead atoms. The Labute approximate surface area is 114 Å². The second-order valence-electron chi connectivity index (χ2n) is 4.10. The molecule has 1 N–H and O–H groups in total. The molecule has 18 heavy (non-hydrogen) atoms. The van der Waals surface area contributed by atoms with Gasteiger partial charge in [0.25, 0.3) is 0 Å². The van der Waals surface area contributed by atoms with Crippen LogP contribution >= 0.6 is 23.2 Å². The quantitative estimate of drug-likeness (QED) is 0.666. The lowest BCUT2D eigenvalue weighted by Gasteiger charge is -2.04. The lowest BCUT2D eigenvalue weighted by Crippen LogP contribution is -2.00. The third-order valence-corrected chi connectivity index (χ3v) is 3.36. The van der Waals surface area contributed by atoms with Gasteiger partial charge in [-0.15, -0.1) is 0 Å². The van der Waals surface area contributed by atoms with Gasteiger partial charge >= 0.3 is 5.97 Å². The highest BCUT2D eigenvalue weighted by Gasteiger charge is 2.21. The van der Waals surface area contributed by atoms with Crippen molar-refractivity contribution in [1.29, 1.82) is 0 Å². The normalized spacial score (nSPS) is 15.0. The predicted molar refractivity (Wildman–Crippen MR) is 69.7 cm³/mol. The van der Waals surface area contributed by atoms with Crippen LogP contribution in [0.1, 0.15) is 28.8 Å². The topological polar surface area (TPSA) is 58.9 Å². The molecular formula is C12H11Cl2NO3. The zero-order chi connectivity index (χ0) is 13.1. The Morgan fingerprint density at radius 2 is 2.22 bits per heavy atom. The van der Waals surface area contributed by atoms with Gasteiger partial charge in [0.2, 0.25) is 0 Å². The van der Waals surface area contributed by atoms with Gasteiger partial charge in [0, 0.05) is 5.56 Å². The lowest BCUT2D eigenvalue weighted by molar-refractivity contribution is 0.0697. The van der Waals surface area contributed by atoms with E-state index in [4.69, 9.17) is 33.1 Å². The standard InChI is InChI=1S/C12H11Cl2NO3/c13-10-4-3-8(12(16)17)11(14)9(10)5-15-18-6-7-1-2-7/h3-5,7H,1-2,6H2,(H,16,17)/b15-5+. The Hall–Kier alpha value is -1.26. The number of nitrogens with zero attached hydrogens (tertiary/aromatic N) is 1. The zero-order valence-electron chi connectivity index (χ0n) is 9.40. The van der Waals surface area contributed by atoms with Crippen molar-refractivity contribution in [2.45, 2.75) is 12.8 Å². The summed E-state index contributed by atoms with van der Waals surface area (Å²) in [7, 11) is 0. The van der Waals surface area contributed by atoms with E-state index in [1.54, 1.807) is 0 Å². The fraction of sp³-hybridized carbons (Fsp3) is 0.333. The summed E-state index contributed by atoms with van der Waals surface area (Å²) < 4.78 is 0. The second-order valence-corrected chi connectivity index (χ2v) is 4.89. The number of rotatable bonds is 5. The maximum atomic E-state index is 10.9. The van der Waals surface area contributed by atoms with Crippen LogP contribution in [0.3, 0.4) is 0 Å². The Balaban J connectivity index is 2.14. The number of benzene rings is 1. The third-order valence-electron chi connectivity index (χ3n) is 2.62. The monoisotopic (exact) mass is 287 g/mol. The summed E-state index contributed by atoms with van der Waals surface area (Å²) in [5.41, 5.74) is 0.346. The van der Waals surface area contributed by atoms with E-state index in [9.17, 15) is 4.79 Å². The van der Waals surface area contributed by atoms with Gasteiger partial charge < -0.3 is 9.94 Å². The molecule has 0 heterocycles. The first-order chi connectivity index (χ1) is 8.59. The molecule has 0 aliphatic heterocycles. The van der Waals surface area contributed by atoms with Crippen LogP contribution in [0.5, 0.6) is 0 Å². The minimum Gasteiger partial charge on any atom is -0.478 e. The minimum absolute atomic E-state index is 0.00953. The minimum atomic E-state index is -1.11. The van der Waals surface area contributed by atoms with Gasteiger partial charge in [-0.1, -0.05) is 28.4 Å². The van der Waals surface area contributed by atoms with Crippen molar-refractivity contribution in [3.05, 3.63) is 33.3 Å². The highest BCUT2D eigenvalue weighted by atomic mass is 35.5. The van der Waals surface area contributed by atoms with Crippen molar-refractivity contribution >= 4 is 35.4 Å². The Kier molecular flexibility index (Phi) is 4.09. The third kappa shape index (κ3) is 3.15.